The lowest BCUT2D eigenvalue weighted by atomic mass is 9.75. The van der Waals surface area contributed by atoms with Crippen molar-refractivity contribution in [1.82, 2.24) is 24.0 Å². The van der Waals surface area contributed by atoms with Crippen molar-refractivity contribution in [3.8, 4) is 0 Å². The van der Waals surface area contributed by atoms with Gasteiger partial charge in [0.05, 0.1) is 12.1 Å². The lowest BCUT2D eigenvalue weighted by molar-refractivity contribution is -0.156. The normalized spacial score (nSPS) is 22.8. The van der Waals surface area contributed by atoms with E-state index in [0.29, 0.717) is 51.0 Å². The highest BCUT2D eigenvalue weighted by atomic mass is 16.3. The SMILES string of the molecule is O=C(N1CCCCC1)C1(C(=O)N2CCC(O)(Cn3cnn4cccc4c3=O)CC2)C=CC(c2ccccc2)=CC1. The molecule has 2 amide bonds. The standard InChI is InChI=1S/C31H35N5O4/c37-27-26-10-7-19-36(26)32-23-35(27)22-30(40)15-20-34(21-16-30)29(39)31(28(38)33-17-5-2-6-18-33)13-11-25(12-14-31)24-8-3-1-4-9-24/h1,3-4,7-13,19,23,40H,2,5-6,14-18,20-22H2. The van der Waals surface area contributed by atoms with E-state index in [1.165, 1.54) is 15.4 Å². The van der Waals surface area contributed by atoms with Crippen molar-refractivity contribution in [1.29, 1.82) is 0 Å². The van der Waals surface area contributed by atoms with Crippen LogP contribution in [0.15, 0.2) is 78.0 Å². The van der Waals surface area contributed by atoms with Crippen LogP contribution in [0, 0.1) is 5.41 Å². The van der Waals surface area contributed by atoms with E-state index in [1.807, 2.05) is 53.5 Å². The van der Waals surface area contributed by atoms with E-state index in [2.05, 4.69) is 5.10 Å². The van der Waals surface area contributed by atoms with E-state index >= 15 is 0 Å². The minimum Gasteiger partial charge on any atom is -0.388 e. The third-order valence-corrected chi connectivity index (χ3v) is 8.67. The van der Waals surface area contributed by atoms with Crippen molar-refractivity contribution in [3.05, 3.63) is 89.1 Å². The van der Waals surface area contributed by atoms with E-state index < -0.39 is 11.0 Å². The molecule has 0 saturated carbocycles. The number of benzene rings is 1. The number of carbonyl (C=O) groups excluding carboxylic acids is 2. The van der Waals surface area contributed by atoms with Gasteiger partial charge in [-0.2, -0.15) is 5.10 Å². The summed E-state index contributed by atoms with van der Waals surface area (Å²) in [7, 11) is 0. The third kappa shape index (κ3) is 4.79. The summed E-state index contributed by atoms with van der Waals surface area (Å²) in [5, 5.41) is 15.6. The summed E-state index contributed by atoms with van der Waals surface area (Å²) in [5.74, 6) is -0.339. The fraction of sp³-hybridized carbons (Fsp3) is 0.419. The number of fused-ring (bicyclic) bond motifs is 1. The molecule has 40 heavy (non-hydrogen) atoms. The second-order valence-corrected chi connectivity index (χ2v) is 11.3. The van der Waals surface area contributed by atoms with Crippen molar-refractivity contribution in [2.75, 3.05) is 26.2 Å². The van der Waals surface area contributed by atoms with Gasteiger partial charge in [-0.3, -0.25) is 19.0 Å². The maximum Gasteiger partial charge on any atom is 0.277 e. The number of piperidine rings is 2. The largest absolute Gasteiger partial charge is 0.388 e. The van der Waals surface area contributed by atoms with Crippen LogP contribution in [0.1, 0.15) is 44.1 Å². The molecule has 2 aromatic heterocycles. The van der Waals surface area contributed by atoms with Crippen LogP contribution in [-0.2, 0) is 16.1 Å². The van der Waals surface area contributed by atoms with Gasteiger partial charge in [0.25, 0.3) is 5.56 Å². The zero-order valence-electron chi connectivity index (χ0n) is 22.6. The Morgan fingerprint density at radius 2 is 1.60 bits per heavy atom. The fourth-order valence-electron chi connectivity index (χ4n) is 6.23. The monoisotopic (exact) mass is 541 g/mol. The van der Waals surface area contributed by atoms with Gasteiger partial charge in [-0.15, -0.1) is 0 Å². The molecule has 4 heterocycles. The van der Waals surface area contributed by atoms with Gasteiger partial charge in [0, 0.05) is 32.4 Å². The van der Waals surface area contributed by atoms with E-state index in [-0.39, 0.29) is 23.9 Å². The number of aromatic nitrogens is 3. The number of allylic oxidation sites excluding steroid dienone is 3. The highest BCUT2D eigenvalue weighted by Crippen LogP contribution is 2.39. The van der Waals surface area contributed by atoms with Gasteiger partial charge in [-0.05, 0) is 61.8 Å². The number of nitrogens with zero attached hydrogens (tertiary/aromatic N) is 5. The minimum absolute atomic E-state index is 0.101. The van der Waals surface area contributed by atoms with Gasteiger partial charge in [0.1, 0.15) is 17.3 Å². The molecular formula is C31H35N5O4. The fourth-order valence-corrected chi connectivity index (χ4v) is 6.23. The number of amides is 2. The lowest BCUT2D eigenvalue weighted by Crippen LogP contribution is -2.57. The van der Waals surface area contributed by atoms with Gasteiger partial charge in [0.2, 0.25) is 11.8 Å². The number of hydrogen-bond donors (Lipinski definition) is 1. The molecule has 0 radical (unpaired) electrons. The quantitative estimate of drug-likeness (QED) is 0.501. The Labute approximate surface area is 233 Å². The predicted molar refractivity (Wildman–Crippen MR) is 151 cm³/mol. The molecule has 1 atom stereocenters. The first-order valence-electron chi connectivity index (χ1n) is 14.2. The lowest BCUT2D eigenvalue weighted by Gasteiger charge is -2.43. The van der Waals surface area contributed by atoms with E-state index in [9.17, 15) is 19.5 Å². The average molecular weight is 542 g/mol. The second-order valence-electron chi connectivity index (χ2n) is 11.3. The highest BCUT2D eigenvalue weighted by Gasteiger charge is 2.49. The summed E-state index contributed by atoms with van der Waals surface area (Å²) >= 11 is 0. The molecule has 6 rings (SSSR count). The van der Waals surface area contributed by atoms with Gasteiger partial charge in [-0.25, -0.2) is 4.52 Å². The molecule has 208 valence electrons. The molecule has 1 unspecified atom stereocenters. The van der Waals surface area contributed by atoms with Crippen molar-refractivity contribution < 1.29 is 14.7 Å². The van der Waals surface area contributed by atoms with Gasteiger partial charge in [-0.1, -0.05) is 48.6 Å². The smallest absolute Gasteiger partial charge is 0.277 e. The maximum absolute atomic E-state index is 14.2. The van der Waals surface area contributed by atoms with Crippen LogP contribution in [0.5, 0.6) is 0 Å². The van der Waals surface area contributed by atoms with Crippen LogP contribution in [0.3, 0.4) is 0 Å². The van der Waals surface area contributed by atoms with Crippen molar-refractivity contribution in [3.63, 3.8) is 0 Å². The van der Waals surface area contributed by atoms with Crippen LogP contribution >= 0.6 is 0 Å². The Kier molecular flexibility index (Phi) is 6.92. The Morgan fingerprint density at radius 1 is 0.900 bits per heavy atom. The summed E-state index contributed by atoms with van der Waals surface area (Å²) in [6, 6.07) is 13.4. The molecule has 3 aromatic rings. The molecular weight excluding hydrogens is 506 g/mol. The van der Waals surface area contributed by atoms with Crippen LogP contribution in [0.25, 0.3) is 11.1 Å². The van der Waals surface area contributed by atoms with Crippen LogP contribution in [0.2, 0.25) is 0 Å². The number of hydrogen-bond acceptors (Lipinski definition) is 5. The van der Waals surface area contributed by atoms with Gasteiger partial charge >= 0.3 is 0 Å². The molecule has 2 saturated heterocycles. The summed E-state index contributed by atoms with van der Waals surface area (Å²) in [6.07, 6.45) is 12.8. The molecule has 9 nitrogen and oxygen atoms in total. The minimum atomic E-state index is -1.29. The molecule has 0 bridgehead atoms. The Hall–Kier alpha value is -3.98. The van der Waals surface area contributed by atoms with Crippen molar-refractivity contribution in [2.24, 2.45) is 5.41 Å². The Bertz CT molecular complexity index is 1520. The van der Waals surface area contributed by atoms with Crippen molar-refractivity contribution in [2.45, 2.75) is 50.7 Å². The van der Waals surface area contributed by atoms with E-state index in [0.717, 1.165) is 30.4 Å². The summed E-state index contributed by atoms with van der Waals surface area (Å²) in [6.45, 7) is 2.06. The third-order valence-electron chi connectivity index (χ3n) is 8.67. The molecule has 1 N–H and O–H groups in total. The molecule has 0 spiro atoms. The average Bonchev–Trinajstić information content (AvgIpc) is 3.49. The first kappa shape index (κ1) is 26.3. The molecule has 1 aliphatic carbocycles. The van der Waals surface area contributed by atoms with Gasteiger partial charge in [0.15, 0.2) is 0 Å². The number of likely N-dealkylation sites (tertiary alicyclic amines) is 2. The molecule has 2 aliphatic heterocycles. The summed E-state index contributed by atoms with van der Waals surface area (Å²) < 4.78 is 2.95. The zero-order chi connectivity index (χ0) is 27.7. The second kappa shape index (κ2) is 10.5. The maximum atomic E-state index is 14.2. The molecule has 1 aromatic carbocycles. The number of carbonyl (C=O) groups is 2. The molecule has 2 fully saturated rings. The first-order valence-corrected chi connectivity index (χ1v) is 14.2. The summed E-state index contributed by atoms with van der Waals surface area (Å²) in [4.78, 5) is 44.6. The Balaban J connectivity index is 1.21. The van der Waals surface area contributed by atoms with E-state index in [4.69, 9.17) is 0 Å². The van der Waals surface area contributed by atoms with Gasteiger partial charge < -0.3 is 14.9 Å². The van der Waals surface area contributed by atoms with Crippen LogP contribution in [0.4, 0.5) is 0 Å². The Morgan fingerprint density at radius 3 is 2.27 bits per heavy atom. The first-order chi connectivity index (χ1) is 19.4. The predicted octanol–water partition coefficient (Wildman–Crippen LogP) is 2.89. The van der Waals surface area contributed by atoms with Crippen LogP contribution < -0.4 is 5.56 Å². The topological polar surface area (TPSA) is 100 Å². The molecule has 9 heteroatoms. The number of rotatable bonds is 5. The van der Waals surface area contributed by atoms with E-state index in [1.54, 1.807) is 23.2 Å². The number of aliphatic hydroxyl groups is 1. The summed E-state index contributed by atoms with van der Waals surface area (Å²) in [5.41, 5.74) is -0.152. The zero-order valence-corrected chi connectivity index (χ0v) is 22.6. The molecule has 3 aliphatic rings. The highest BCUT2D eigenvalue weighted by molar-refractivity contribution is 6.08. The van der Waals surface area contributed by atoms with Crippen LogP contribution in [-0.4, -0.2) is 72.7 Å². The van der Waals surface area contributed by atoms with Crippen molar-refractivity contribution >= 4 is 22.9 Å².